The van der Waals surface area contributed by atoms with Gasteiger partial charge in [0, 0.05) is 6.04 Å². The topological polar surface area (TPSA) is 32.3 Å². The number of amides is 1. The average Bonchev–Trinajstić information content (AvgIpc) is 2.74. The molecule has 1 amide bonds. The monoisotopic (exact) mass is 222 g/mol. The molecule has 86 valence electrons. The van der Waals surface area contributed by atoms with Crippen molar-refractivity contribution in [2.24, 2.45) is 0 Å². The van der Waals surface area contributed by atoms with E-state index in [-0.39, 0.29) is 12.6 Å². The van der Waals surface area contributed by atoms with Crippen LogP contribution in [0.4, 0.5) is 13.2 Å². The second-order valence-corrected chi connectivity index (χ2v) is 4.36. The van der Waals surface area contributed by atoms with Gasteiger partial charge in [-0.05, 0) is 19.8 Å². The van der Waals surface area contributed by atoms with Crippen molar-refractivity contribution in [2.45, 2.75) is 43.9 Å². The van der Waals surface area contributed by atoms with Crippen LogP contribution in [0, 0.1) is 0 Å². The predicted octanol–water partition coefficient (Wildman–Crippen LogP) is 1.25. The molecule has 1 spiro atoms. The maximum absolute atomic E-state index is 12.1. The molecule has 0 aromatic rings. The van der Waals surface area contributed by atoms with Crippen molar-refractivity contribution in [1.82, 2.24) is 10.2 Å². The van der Waals surface area contributed by atoms with Gasteiger partial charge in [0.15, 0.2) is 0 Å². The van der Waals surface area contributed by atoms with E-state index in [2.05, 4.69) is 5.32 Å². The minimum absolute atomic E-state index is 0.167. The van der Waals surface area contributed by atoms with Gasteiger partial charge < -0.3 is 4.90 Å². The van der Waals surface area contributed by atoms with Crippen molar-refractivity contribution >= 4 is 5.91 Å². The molecule has 0 bridgehead atoms. The molecule has 1 atom stereocenters. The van der Waals surface area contributed by atoms with Crippen LogP contribution < -0.4 is 5.32 Å². The number of rotatable bonds is 2. The summed E-state index contributed by atoms with van der Waals surface area (Å²) in [5.74, 6) is -0.167. The molecule has 1 saturated heterocycles. The summed E-state index contributed by atoms with van der Waals surface area (Å²) in [6.45, 7) is 1.69. The first-order chi connectivity index (χ1) is 6.84. The summed E-state index contributed by atoms with van der Waals surface area (Å²) >= 11 is 0. The highest BCUT2D eigenvalue weighted by molar-refractivity contribution is 5.91. The molecule has 15 heavy (non-hydrogen) atoms. The van der Waals surface area contributed by atoms with Gasteiger partial charge in [-0.15, -0.1) is 0 Å². The Morgan fingerprint density at radius 1 is 1.53 bits per heavy atom. The maximum Gasteiger partial charge on any atom is 0.391 e. The lowest BCUT2D eigenvalue weighted by molar-refractivity contribution is -0.151. The molecule has 1 aliphatic heterocycles. The Kier molecular flexibility index (Phi) is 2.22. The molecule has 2 fully saturated rings. The van der Waals surface area contributed by atoms with E-state index in [4.69, 9.17) is 0 Å². The zero-order chi connectivity index (χ0) is 11.3. The Bertz CT molecular complexity index is 286. The summed E-state index contributed by atoms with van der Waals surface area (Å²) in [6, 6.07) is -0.773. The van der Waals surface area contributed by atoms with E-state index in [1.165, 1.54) is 11.8 Å². The maximum atomic E-state index is 12.1. The van der Waals surface area contributed by atoms with Gasteiger partial charge in [-0.2, -0.15) is 13.2 Å². The Labute approximate surface area is 85.6 Å². The van der Waals surface area contributed by atoms with Crippen LogP contribution in [-0.4, -0.2) is 35.2 Å². The number of hydrogen-bond donors (Lipinski definition) is 1. The molecule has 0 radical (unpaired) electrons. The van der Waals surface area contributed by atoms with Crippen LogP contribution in [0.1, 0.15) is 26.2 Å². The molecule has 6 heteroatoms. The average molecular weight is 222 g/mol. The molecule has 1 aliphatic carbocycles. The highest BCUT2D eigenvalue weighted by Gasteiger charge is 2.56. The number of alkyl halides is 3. The van der Waals surface area contributed by atoms with Crippen LogP contribution in [0.2, 0.25) is 0 Å². The normalized spacial score (nSPS) is 26.1. The Balaban J connectivity index is 1.97. The van der Waals surface area contributed by atoms with Crippen molar-refractivity contribution in [3.63, 3.8) is 0 Å². The molecule has 1 N–H and O–H groups in total. The zero-order valence-electron chi connectivity index (χ0n) is 8.40. The van der Waals surface area contributed by atoms with Crippen LogP contribution in [0.15, 0.2) is 0 Å². The van der Waals surface area contributed by atoms with Crippen LogP contribution in [-0.2, 0) is 4.79 Å². The Hall–Kier alpha value is -0.780. The van der Waals surface area contributed by atoms with Crippen LogP contribution in [0.3, 0.4) is 0 Å². The molecule has 2 aliphatic rings. The summed E-state index contributed by atoms with van der Waals surface area (Å²) in [4.78, 5) is 13.0. The third-order valence-electron chi connectivity index (χ3n) is 3.07. The lowest BCUT2D eigenvalue weighted by Gasteiger charge is -2.24. The lowest BCUT2D eigenvalue weighted by atomic mass is 10.2. The summed E-state index contributed by atoms with van der Waals surface area (Å²) < 4.78 is 36.4. The van der Waals surface area contributed by atoms with Gasteiger partial charge >= 0.3 is 6.18 Å². The van der Waals surface area contributed by atoms with Crippen molar-refractivity contribution in [3.05, 3.63) is 0 Å². The molecular formula is C9H13F3N2O. The summed E-state index contributed by atoms with van der Waals surface area (Å²) in [7, 11) is 0. The van der Waals surface area contributed by atoms with Crippen molar-refractivity contribution in [3.8, 4) is 0 Å². The van der Waals surface area contributed by atoms with E-state index in [9.17, 15) is 18.0 Å². The Morgan fingerprint density at radius 3 is 2.53 bits per heavy atom. The van der Waals surface area contributed by atoms with E-state index < -0.39 is 24.2 Å². The van der Waals surface area contributed by atoms with E-state index in [0.29, 0.717) is 0 Å². The fourth-order valence-electron chi connectivity index (χ4n) is 1.98. The minimum atomic E-state index is -4.21. The van der Waals surface area contributed by atoms with Gasteiger partial charge in [0.25, 0.3) is 0 Å². The second kappa shape index (κ2) is 3.10. The van der Waals surface area contributed by atoms with E-state index in [1.54, 1.807) is 0 Å². The van der Waals surface area contributed by atoms with Gasteiger partial charge in [-0.25, -0.2) is 0 Å². The van der Waals surface area contributed by atoms with Crippen LogP contribution in [0.5, 0.6) is 0 Å². The highest BCUT2D eigenvalue weighted by Crippen LogP contribution is 2.41. The first kappa shape index (κ1) is 10.7. The standard InChI is InChI=1S/C9H13F3N2O/c1-6(4-9(10,11)12)14-5-13-8(2-3-8)7(14)15/h6,13H,2-5H2,1H3. The fourth-order valence-corrected chi connectivity index (χ4v) is 1.98. The summed E-state index contributed by atoms with van der Waals surface area (Å²) in [5, 5.41) is 2.98. The molecule has 0 aromatic carbocycles. The van der Waals surface area contributed by atoms with Gasteiger partial charge in [-0.1, -0.05) is 0 Å². The third kappa shape index (κ3) is 1.95. The molecule has 1 heterocycles. The molecule has 0 aromatic heterocycles. The first-order valence-electron chi connectivity index (χ1n) is 4.97. The number of halogens is 3. The molecule has 1 unspecified atom stereocenters. The molecule has 1 saturated carbocycles. The Morgan fingerprint density at radius 2 is 2.13 bits per heavy atom. The van der Waals surface area contributed by atoms with E-state index in [0.717, 1.165) is 12.8 Å². The molecule has 3 nitrogen and oxygen atoms in total. The summed E-state index contributed by atoms with van der Waals surface area (Å²) in [5.41, 5.74) is -0.500. The van der Waals surface area contributed by atoms with Gasteiger partial charge in [0.2, 0.25) is 5.91 Å². The number of hydrogen-bond acceptors (Lipinski definition) is 2. The highest BCUT2D eigenvalue weighted by atomic mass is 19.4. The van der Waals surface area contributed by atoms with Crippen molar-refractivity contribution in [2.75, 3.05) is 6.67 Å². The number of carbonyl (C=O) groups excluding carboxylic acids is 1. The van der Waals surface area contributed by atoms with E-state index >= 15 is 0 Å². The molecular weight excluding hydrogens is 209 g/mol. The summed E-state index contributed by atoms with van der Waals surface area (Å²) in [6.07, 6.45) is -3.64. The van der Waals surface area contributed by atoms with E-state index in [1.807, 2.05) is 0 Å². The number of nitrogens with one attached hydrogen (secondary N) is 1. The SMILES string of the molecule is CC(CC(F)(F)F)N1CNC2(CC2)C1=O. The predicted molar refractivity (Wildman–Crippen MR) is 46.9 cm³/mol. The quantitative estimate of drug-likeness (QED) is 0.762. The van der Waals surface area contributed by atoms with Crippen molar-refractivity contribution < 1.29 is 18.0 Å². The largest absolute Gasteiger partial charge is 0.391 e. The van der Waals surface area contributed by atoms with Gasteiger partial charge in [0.05, 0.1) is 18.6 Å². The first-order valence-corrected chi connectivity index (χ1v) is 4.97. The number of nitrogens with zero attached hydrogens (tertiary/aromatic N) is 1. The molecule has 2 rings (SSSR count). The second-order valence-electron chi connectivity index (χ2n) is 4.36. The smallest absolute Gasteiger partial charge is 0.325 e. The van der Waals surface area contributed by atoms with Crippen molar-refractivity contribution in [1.29, 1.82) is 0 Å². The lowest BCUT2D eigenvalue weighted by Crippen LogP contribution is -2.40. The third-order valence-corrected chi connectivity index (χ3v) is 3.07. The van der Waals surface area contributed by atoms with Gasteiger partial charge in [-0.3, -0.25) is 10.1 Å². The minimum Gasteiger partial charge on any atom is -0.325 e. The van der Waals surface area contributed by atoms with Gasteiger partial charge in [0.1, 0.15) is 0 Å². The zero-order valence-corrected chi connectivity index (χ0v) is 8.40. The number of carbonyl (C=O) groups is 1. The van der Waals surface area contributed by atoms with Crippen LogP contribution >= 0.6 is 0 Å². The van der Waals surface area contributed by atoms with Crippen LogP contribution in [0.25, 0.3) is 0 Å². The fraction of sp³-hybridized carbons (Fsp3) is 0.889.